The monoisotopic (exact) mass is 580 g/mol. The van der Waals surface area contributed by atoms with Crippen LogP contribution in [0.25, 0.3) is 22.0 Å². The number of carbonyl (C=O) groups is 1. The van der Waals surface area contributed by atoms with Crippen molar-refractivity contribution >= 4 is 28.5 Å². The molecule has 42 heavy (non-hydrogen) atoms. The van der Waals surface area contributed by atoms with Gasteiger partial charge in [-0.15, -0.1) is 0 Å². The van der Waals surface area contributed by atoms with Crippen LogP contribution in [0.5, 0.6) is 17.4 Å². The van der Waals surface area contributed by atoms with Gasteiger partial charge in [0.05, 0.1) is 34.2 Å². The number of carboxylic acid groups (broad SMARTS) is 1. The number of aromatic nitrogens is 2. The fraction of sp³-hybridized carbons (Fsp3) is 0.125. The number of fused-ring (bicyclic) bond motifs is 1. The summed E-state index contributed by atoms with van der Waals surface area (Å²) < 4.78 is 12.3. The molecule has 1 heterocycles. The van der Waals surface area contributed by atoms with Gasteiger partial charge in [0.2, 0.25) is 5.88 Å². The highest BCUT2D eigenvalue weighted by atomic mass is 35.5. The predicted octanol–water partition coefficient (Wildman–Crippen LogP) is 5.73. The lowest BCUT2D eigenvalue weighted by molar-refractivity contribution is -0.140. The standard InChI is InChI=1S/C32H25ClN4O5/c33-26-13-23(16-35-27(17-38)32(39)40)28(41-18-21-7-4-6-20(12-21)15-34)14-29(26)42-31-25-11-5-10-24(30(25)36-19-37-31)22-8-2-1-3-9-22/h1-14,19,27,35,38H,16-18H2,(H,39,40). The summed E-state index contributed by atoms with van der Waals surface area (Å²) in [6.45, 7) is -0.419. The molecule has 0 bridgehead atoms. The topological polar surface area (TPSA) is 138 Å². The van der Waals surface area contributed by atoms with Crippen LogP contribution in [0, 0.1) is 11.3 Å². The van der Waals surface area contributed by atoms with Crippen LogP contribution in [-0.4, -0.2) is 38.8 Å². The van der Waals surface area contributed by atoms with E-state index < -0.39 is 18.6 Å². The number of ether oxygens (including phenoxy) is 2. The van der Waals surface area contributed by atoms with E-state index in [4.69, 9.17) is 21.1 Å². The van der Waals surface area contributed by atoms with Gasteiger partial charge in [0.1, 0.15) is 24.7 Å². The third-order valence-corrected chi connectivity index (χ3v) is 6.80. The van der Waals surface area contributed by atoms with Crippen LogP contribution >= 0.6 is 11.6 Å². The number of hydrogen-bond acceptors (Lipinski definition) is 8. The Kier molecular flexibility index (Phi) is 8.90. The molecule has 0 aliphatic heterocycles. The molecule has 0 saturated heterocycles. The Labute approximate surface area is 246 Å². The van der Waals surface area contributed by atoms with Crippen molar-refractivity contribution in [1.29, 1.82) is 5.26 Å². The van der Waals surface area contributed by atoms with Crippen molar-refractivity contribution in [2.45, 2.75) is 19.2 Å². The van der Waals surface area contributed by atoms with Gasteiger partial charge in [-0.3, -0.25) is 10.1 Å². The lowest BCUT2D eigenvalue weighted by Crippen LogP contribution is -2.39. The quantitative estimate of drug-likeness (QED) is 0.179. The summed E-state index contributed by atoms with van der Waals surface area (Å²) in [6, 6.07) is 26.8. The second kappa shape index (κ2) is 13.1. The second-order valence-corrected chi connectivity index (χ2v) is 9.70. The van der Waals surface area contributed by atoms with Gasteiger partial charge in [0.25, 0.3) is 0 Å². The Bertz CT molecular complexity index is 1780. The van der Waals surface area contributed by atoms with Crippen molar-refractivity contribution in [2.75, 3.05) is 6.61 Å². The number of rotatable bonds is 11. The third kappa shape index (κ3) is 6.48. The Morgan fingerprint density at radius 2 is 1.81 bits per heavy atom. The first-order valence-electron chi connectivity index (χ1n) is 12.9. The zero-order valence-electron chi connectivity index (χ0n) is 22.2. The van der Waals surface area contributed by atoms with E-state index in [2.05, 4.69) is 21.4 Å². The van der Waals surface area contributed by atoms with Gasteiger partial charge in [-0.1, -0.05) is 66.2 Å². The Balaban J connectivity index is 1.49. The zero-order chi connectivity index (χ0) is 29.5. The van der Waals surface area contributed by atoms with Gasteiger partial charge in [-0.25, -0.2) is 9.97 Å². The van der Waals surface area contributed by atoms with Crippen LogP contribution in [0.15, 0.2) is 91.3 Å². The fourth-order valence-electron chi connectivity index (χ4n) is 4.38. The maximum absolute atomic E-state index is 11.4. The van der Waals surface area contributed by atoms with Crippen molar-refractivity contribution in [3.05, 3.63) is 113 Å². The molecular formula is C32H25ClN4O5. The molecule has 0 aliphatic rings. The molecule has 1 atom stereocenters. The molecule has 5 aromatic rings. The number of benzene rings is 4. The number of aliphatic hydroxyl groups excluding tert-OH is 1. The second-order valence-electron chi connectivity index (χ2n) is 9.29. The Hall–Kier alpha value is -5.01. The molecule has 0 aliphatic carbocycles. The van der Waals surface area contributed by atoms with Crippen molar-refractivity contribution in [1.82, 2.24) is 15.3 Å². The van der Waals surface area contributed by atoms with Crippen LogP contribution < -0.4 is 14.8 Å². The zero-order valence-corrected chi connectivity index (χ0v) is 23.0. The van der Waals surface area contributed by atoms with Crippen LogP contribution in [0.4, 0.5) is 0 Å². The van der Waals surface area contributed by atoms with Crippen LogP contribution in [0.2, 0.25) is 5.02 Å². The maximum Gasteiger partial charge on any atom is 0.323 e. The van der Waals surface area contributed by atoms with E-state index >= 15 is 0 Å². The Morgan fingerprint density at radius 3 is 2.57 bits per heavy atom. The van der Waals surface area contributed by atoms with E-state index in [9.17, 15) is 20.3 Å². The van der Waals surface area contributed by atoms with Gasteiger partial charge in [0, 0.05) is 23.7 Å². The molecule has 0 fully saturated rings. The summed E-state index contributed by atoms with van der Waals surface area (Å²) in [5.41, 5.74) is 4.44. The number of halogens is 1. The minimum Gasteiger partial charge on any atom is -0.488 e. The van der Waals surface area contributed by atoms with Crippen LogP contribution in [-0.2, 0) is 17.9 Å². The van der Waals surface area contributed by atoms with E-state index in [1.165, 1.54) is 6.33 Å². The smallest absolute Gasteiger partial charge is 0.323 e. The van der Waals surface area contributed by atoms with E-state index in [-0.39, 0.29) is 23.9 Å². The lowest BCUT2D eigenvalue weighted by Gasteiger charge is -2.18. The third-order valence-electron chi connectivity index (χ3n) is 6.50. The molecule has 0 saturated carbocycles. The van der Waals surface area contributed by atoms with Gasteiger partial charge in [0.15, 0.2) is 5.75 Å². The summed E-state index contributed by atoms with van der Waals surface area (Å²) in [7, 11) is 0. The highest BCUT2D eigenvalue weighted by Crippen LogP contribution is 2.38. The van der Waals surface area contributed by atoms with Gasteiger partial charge >= 0.3 is 5.97 Å². The number of nitrogens with one attached hydrogen (secondary N) is 1. The first-order chi connectivity index (χ1) is 20.5. The summed E-state index contributed by atoms with van der Waals surface area (Å²) in [6.07, 6.45) is 1.43. The number of hydrogen-bond donors (Lipinski definition) is 3. The molecule has 0 spiro atoms. The van der Waals surface area contributed by atoms with Gasteiger partial charge < -0.3 is 19.7 Å². The molecule has 0 radical (unpaired) electrons. The van der Waals surface area contributed by atoms with E-state index in [1.54, 1.807) is 30.3 Å². The molecule has 1 unspecified atom stereocenters. The van der Waals surface area contributed by atoms with E-state index in [1.807, 2.05) is 54.6 Å². The first-order valence-corrected chi connectivity index (χ1v) is 13.3. The van der Waals surface area contributed by atoms with E-state index in [0.29, 0.717) is 33.7 Å². The SMILES string of the molecule is N#Cc1cccc(COc2cc(Oc3ncnc4c(-c5ccccc5)cccc34)c(Cl)cc2CNC(CO)C(=O)O)c1. The highest BCUT2D eigenvalue weighted by molar-refractivity contribution is 6.32. The molecule has 1 aromatic heterocycles. The molecule has 9 nitrogen and oxygen atoms in total. The number of aliphatic hydroxyl groups is 1. The van der Waals surface area contributed by atoms with E-state index in [0.717, 1.165) is 16.7 Å². The summed E-state index contributed by atoms with van der Waals surface area (Å²) in [5, 5.41) is 31.7. The summed E-state index contributed by atoms with van der Waals surface area (Å²) >= 11 is 6.64. The predicted molar refractivity (Wildman–Crippen MR) is 157 cm³/mol. The first kappa shape index (κ1) is 28.5. The minimum absolute atomic E-state index is 0.0436. The molecule has 10 heteroatoms. The number of nitrogens with zero attached hydrogens (tertiary/aromatic N) is 3. The lowest BCUT2D eigenvalue weighted by atomic mass is 10.0. The average molecular weight is 581 g/mol. The molecule has 3 N–H and O–H groups in total. The molecule has 4 aromatic carbocycles. The molecular weight excluding hydrogens is 556 g/mol. The number of para-hydroxylation sites is 1. The molecule has 5 rings (SSSR count). The highest BCUT2D eigenvalue weighted by Gasteiger charge is 2.19. The summed E-state index contributed by atoms with van der Waals surface area (Å²) in [4.78, 5) is 20.3. The summed E-state index contributed by atoms with van der Waals surface area (Å²) in [5.74, 6) is -0.257. The number of nitriles is 1. The van der Waals surface area contributed by atoms with Crippen molar-refractivity contribution < 1.29 is 24.5 Å². The largest absolute Gasteiger partial charge is 0.488 e. The van der Waals surface area contributed by atoms with Gasteiger partial charge in [-0.2, -0.15) is 5.26 Å². The Morgan fingerprint density at radius 1 is 1.00 bits per heavy atom. The number of carboxylic acids is 1. The maximum atomic E-state index is 11.4. The number of aliphatic carboxylic acids is 1. The van der Waals surface area contributed by atoms with Gasteiger partial charge in [-0.05, 0) is 35.4 Å². The molecule has 0 amide bonds. The van der Waals surface area contributed by atoms with Crippen molar-refractivity contribution in [3.8, 4) is 34.6 Å². The minimum atomic E-state index is -1.19. The van der Waals surface area contributed by atoms with Crippen LogP contribution in [0.3, 0.4) is 0 Å². The average Bonchev–Trinajstić information content (AvgIpc) is 3.02. The normalized spacial score (nSPS) is 11.5. The fourth-order valence-corrected chi connectivity index (χ4v) is 4.61. The van der Waals surface area contributed by atoms with Crippen molar-refractivity contribution in [3.63, 3.8) is 0 Å². The van der Waals surface area contributed by atoms with Crippen LogP contribution in [0.1, 0.15) is 16.7 Å². The molecule has 210 valence electrons. The van der Waals surface area contributed by atoms with Crippen molar-refractivity contribution in [2.24, 2.45) is 0 Å².